The molecule has 6 heteroatoms. The van der Waals surface area contributed by atoms with Crippen molar-refractivity contribution < 1.29 is 19.4 Å². The van der Waals surface area contributed by atoms with E-state index in [4.69, 9.17) is 9.84 Å². The first-order valence-electron chi connectivity index (χ1n) is 8.25. The van der Waals surface area contributed by atoms with Crippen LogP contribution in [0.15, 0.2) is 24.3 Å². The Morgan fingerprint density at radius 3 is 2.58 bits per heavy atom. The van der Waals surface area contributed by atoms with Crippen molar-refractivity contribution in [2.75, 3.05) is 27.2 Å². The Morgan fingerprint density at radius 1 is 1.38 bits per heavy atom. The Hall–Kier alpha value is -2.24. The van der Waals surface area contributed by atoms with E-state index < -0.39 is 11.9 Å². The van der Waals surface area contributed by atoms with Crippen molar-refractivity contribution in [1.82, 2.24) is 10.2 Å². The van der Waals surface area contributed by atoms with E-state index in [1.807, 2.05) is 18.2 Å². The maximum atomic E-state index is 12.3. The Balaban J connectivity index is 2.01. The molecule has 24 heavy (non-hydrogen) atoms. The number of benzene rings is 1. The van der Waals surface area contributed by atoms with Gasteiger partial charge >= 0.3 is 12.0 Å². The molecule has 1 aliphatic carbocycles. The summed E-state index contributed by atoms with van der Waals surface area (Å²) in [6.45, 7) is 2.30. The third-order valence-corrected chi connectivity index (χ3v) is 4.88. The fraction of sp³-hybridized carbons (Fsp3) is 0.556. The molecule has 1 aromatic carbocycles. The van der Waals surface area contributed by atoms with Crippen LogP contribution in [-0.4, -0.2) is 49.3 Å². The number of nitrogens with zero attached hydrogens (tertiary/aromatic N) is 1. The van der Waals surface area contributed by atoms with Crippen LogP contribution in [-0.2, 0) is 10.2 Å². The normalized spacial score (nSPS) is 16.6. The number of hydrogen-bond acceptors (Lipinski definition) is 3. The molecule has 2 amide bonds. The Labute approximate surface area is 142 Å². The van der Waals surface area contributed by atoms with E-state index >= 15 is 0 Å². The lowest BCUT2D eigenvalue weighted by Crippen LogP contribution is -2.49. The number of carbonyl (C=O) groups excluding carboxylic acids is 1. The second-order valence-corrected chi connectivity index (χ2v) is 6.61. The second-order valence-electron chi connectivity index (χ2n) is 6.61. The van der Waals surface area contributed by atoms with Crippen molar-refractivity contribution in [3.8, 4) is 5.75 Å². The number of carbonyl (C=O) groups is 2. The molecule has 0 spiro atoms. The first-order valence-corrected chi connectivity index (χ1v) is 8.25. The predicted molar refractivity (Wildman–Crippen MR) is 91.4 cm³/mol. The SMILES string of the molecule is COc1ccccc1C1(CNC(=O)N(C)CC(C)C(=O)O)CCC1. The molecule has 0 heterocycles. The molecule has 6 nitrogen and oxygen atoms in total. The predicted octanol–water partition coefficient (Wildman–Crippen LogP) is 2.48. The van der Waals surface area contributed by atoms with Gasteiger partial charge < -0.3 is 20.1 Å². The van der Waals surface area contributed by atoms with Gasteiger partial charge in [-0.2, -0.15) is 0 Å². The molecule has 0 saturated heterocycles. The van der Waals surface area contributed by atoms with Crippen LogP contribution in [0.1, 0.15) is 31.7 Å². The number of amides is 2. The molecule has 0 aliphatic heterocycles. The second kappa shape index (κ2) is 7.55. The van der Waals surface area contributed by atoms with Crippen LogP contribution in [0.5, 0.6) is 5.75 Å². The molecule has 1 aliphatic rings. The maximum Gasteiger partial charge on any atom is 0.317 e. The quantitative estimate of drug-likeness (QED) is 0.803. The van der Waals surface area contributed by atoms with Crippen molar-refractivity contribution in [2.45, 2.75) is 31.6 Å². The third-order valence-electron chi connectivity index (χ3n) is 4.88. The number of carboxylic acids is 1. The van der Waals surface area contributed by atoms with Gasteiger partial charge in [-0.1, -0.05) is 31.5 Å². The molecular formula is C18H26N2O4. The molecule has 2 rings (SSSR count). The molecule has 0 aromatic heterocycles. The monoisotopic (exact) mass is 334 g/mol. The van der Waals surface area contributed by atoms with Gasteiger partial charge in [0.2, 0.25) is 0 Å². The van der Waals surface area contributed by atoms with E-state index in [1.54, 1.807) is 21.1 Å². The lowest BCUT2D eigenvalue weighted by molar-refractivity contribution is -0.141. The Bertz CT molecular complexity index is 598. The van der Waals surface area contributed by atoms with E-state index in [0.29, 0.717) is 6.54 Å². The van der Waals surface area contributed by atoms with E-state index in [-0.39, 0.29) is 18.0 Å². The van der Waals surface area contributed by atoms with Gasteiger partial charge in [0.25, 0.3) is 0 Å². The number of rotatable bonds is 7. The summed E-state index contributed by atoms with van der Waals surface area (Å²) in [5.74, 6) is -0.647. The van der Waals surface area contributed by atoms with Gasteiger partial charge in [-0.25, -0.2) is 4.79 Å². The minimum absolute atomic E-state index is 0.0957. The van der Waals surface area contributed by atoms with Crippen LogP contribution in [0.25, 0.3) is 0 Å². The van der Waals surface area contributed by atoms with Crippen LogP contribution in [0.3, 0.4) is 0 Å². The van der Waals surface area contributed by atoms with Gasteiger partial charge in [-0.15, -0.1) is 0 Å². The topological polar surface area (TPSA) is 78.9 Å². The zero-order valence-corrected chi connectivity index (χ0v) is 14.5. The van der Waals surface area contributed by atoms with Gasteiger partial charge in [0, 0.05) is 31.1 Å². The standard InChI is InChI=1S/C18H26N2O4/c1-13(16(21)22)11-20(2)17(23)19-12-18(9-6-10-18)14-7-4-5-8-15(14)24-3/h4-5,7-8,13H,6,9-12H2,1-3H3,(H,19,23)(H,21,22). The van der Waals surface area contributed by atoms with Crippen LogP contribution >= 0.6 is 0 Å². The number of para-hydroxylation sites is 1. The number of nitrogens with one attached hydrogen (secondary N) is 1. The van der Waals surface area contributed by atoms with E-state index in [9.17, 15) is 9.59 Å². The maximum absolute atomic E-state index is 12.3. The van der Waals surface area contributed by atoms with Crippen molar-refractivity contribution >= 4 is 12.0 Å². The molecule has 0 bridgehead atoms. The van der Waals surface area contributed by atoms with Gasteiger partial charge in [-0.05, 0) is 18.9 Å². The molecule has 1 unspecified atom stereocenters. The van der Waals surface area contributed by atoms with Gasteiger partial charge in [0.15, 0.2) is 0 Å². The highest BCUT2D eigenvalue weighted by atomic mass is 16.5. The summed E-state index contributed by atoms with van der Waals surface area (Å²) in [7, 11) is 3.27. The van der Waals surface area contributed by atoms with Gasteiger partial charge in [0.1, 0.15) is 5.75 Å². The Kier molecular flexibility index (Phi) is 5.70. The summed E-state index contributed by atoms with van der Waals surface area (Å²) in [5.41, 5.74) is 1.03. The third kappa shape index (κ3) is 3.80. The fourth-order valence-electron chi connectivity index (χ4n) is 3.18. The summed E-state index contributed by atoms with van der Waals surface area (Å²) in [4.78, 5) is 24.6. The number of hydrogen-bond donors (Lipinski definition) is 2. The van der Waals surface area contributed by atoms with Crippen molar-refractivity contribution in [1.29, 1.82) is 0 Å². The molecular weight excluding hydrogens is 308 g/mol. The first kappa shape index (κ1) is 18.1. The van der Waals surface area contributed by atoms with E-state index in [2.05, 4.69) is 11.4 Å². The molecule has 132 valence electrons. The van der Waals surface area contributed by atoms with Crippen molar-refractivity contribution in [3.63, 3.8) is 0 Å². The largest absolute Gasteiger partial charge is 0.496 e. The average Bonchev–Trinajstić information content (AvgIpc) is 2.53. The van der Waals surface area contributed by atoms with Crippen LogP contribution in [0.4, 0.5) is 4.79 Å². The minimum atomic E-state index is -0.904. The summed E-state index contributed by atoms with van der Waals surface area (Å²) >= 11 is 0. The first-order chi connectivity index (χ1) is 11.4. The van der Waals surface area contributed by atoms with E-state index in [0.717, 1.165) is 30.6 Å². The highest BCUT2D eigenvalue weighted by molar-refractivity contribution is 5.75. The number of carboxylic acid groups (broad SMARTS) is 1. The number of aliphatic carboxylic acids is 1. The smallest absolute Gasteiger partial charge is 0.317 e. The number of methoxy groups -OCH3 is 1. The lowest BCUT2D eigenvalue weighted by atomic mass is 9.64. The highest BCUT2D eigenvalue weighted by Gasteiger charge is 2.41. The zero-order valence-electron chi connectivity index (χ0n) is 14.5. The van der Waals surface area contributed by atoms with Gasteiger partial charge in [-0.3, -0.25) is 4.79 Å². The zero-order chi connectivity index (χ0) is 17.7. The van der Waals surface area contributed by atoms with Crippen molar-refractivity contribution in [2.24, 2.45) is 5.92 Å². The summed E-state index contributed by atoms with van der Waals surface area (Å²) in [6, 6.07) is 7.68. The molecule has 1 fully saturated rings. The molecule has 1 saturated carbocycles. The van der Waals surface area contributed by atoms with Crippen LogP contribution in [0.2, 0.25) is 0 Å². The Morgan fingerprint density at radius 2 is 2.04 bits per heavy atom. The van der Waals surface area contributed by atoms with Gasteiger partial charge in [0.05, 0.1) is 13.0 Å². The number of ether oxygens (including phenoxy) is 1. The summed E-state index contributed by atoms with van der Waals surface area (Å²) < 4.78 is 5.47. The molecule has 1 atom stereocenters. The fourth-order valence-corrected chi connectivity index (χ4v) is 3.18. The molecule has 0 radical (unpaired) electrons. The van der Waals surface area contributed by atoms with Crippen molar-refractivity contribution in [3.05, 3.63) is 29.8 Å². The highest BCUT2D eigenvalue weighted by Crippen LogP contribution is 2.46. The van der Waals surface area contributed by atoms with Crippen LogP contribution < -0.4 is 10.1 Å². The minimum Gasteiger partial charge on any atom is -0.496 e. The molecule has 1 aromatic rings. The van der Waals surface area contributed by atoms with Crippen LogP contribution in [0, 0.1) is 5.92 Å². The lowest BCUT2D eigenvalue weighted by Gasteiger charge is -2.43. The summed E-state index contributed by atoms with van der Waals surface area (Å²) in [5, 5.41) is 11.9. The average molecular weight is 334 g/mol. The van der Waals surface area contributed by atoms with E-state index in [1.165, 1.54) is 4.90 Å². The molecule has 2 N–H and O–H groups in total. The number of urea groups is 1. The summed E-state index contributed by atoms with van der Waals surface area (Å²) in [6.07, 6.45) is 3.13.